The molecule has 0 bridgehead atoms. The Balaban J connectivity index is 2.04. The molecular formula is C14H12BF3N2O5. The van der Waals surface area contributed by atoms with E-state index in [-0.39, 0.29) is 11.3 Å². The van der Waals surface area contributed by atoms with Crippen LogP contribution in [0.4, 0.5) is 13.2 Å². The number of likely N-dealkylation sites (tertiary alicyclic amines) is 1. The van der Waals surface area contributed by atoms with Crippen LogP contribution in [-0.2, 0) is 10.4 Å². The standard InChI is InChI=1S/C14H12BF3N2O5/c1-20-6-13(17,18)14(22,12(20)21)11-5-10(19-25-11)7-2-3-9(16)8(4-7)15(23)24/h2-5,22-24H,6H2,1H3. The van der Waals surface area contributed by atoms with Crippen molar-refractivity contribution in [2.45, 2.75) is 11.5 Å². The summed E-state index contributed by atoms with van der Waals surface area (Å²) < 4.78 is 46.4. The van der Waals surface area contributed by atoms with E-state index in [2.05, 4.69) is 5.16 Å². The Morgan fingerprint density at radius 3 is 2.56 bits per heavy atom. The van der Waals surface area contributed by atoms with Crippen LogP contribution in [-0.4, -0.2) is 57.8 Å². The zero-order valence-electron chi connectivity index (χ0n) is 12.8. The summed E-state index contributed by atoms with van der Waals surface area (Å²) in [7, 11) is -0.981. The van der Waals surface area contributed by atoms with Crippen LogP contribution < -0.4 is 5.46 Å². The molecule has 1 fully saturated rings. The van der Waals surface area contributed by atoms with Crippen LogP contribution in [0.1, 0.15) is 5.76 Å². The molecule has 0 aliphatic carbocycles. The van der Waals surface area contributed by atoms with Gasteiger partial charge in [0.1, 0.15) is 11.5 Å². The summed E-state index contributed by atoms with van der Waals surface area (Å²) in [6.07, 6.45) is 0. The van der Waals surface area contributed by atoms with Crippen molar-refractivity contribution in [2.24, 2.45) is 0 Å². The van der Waals surface area contributed by atoms with Gasteiger partial charge in [-0.2, -0.15) is 0 Å². The quantitative estimate of drug-likeness (QED) is 0.638. The third-order valence-electron chi connectivity index (χ3n) is 4.06. The second kappa shape index (κ2) is 5.58. The van der Waals surface area contributed by atoms with Crippen molar-refractivity contribution in [3.05, 3.63) is 35.8 Å². The molecule has 1 aromatic heterocycles. The number of amides is 1. The predicted octanol–water partition coefficient (Wildman–Crippen LogP) is -0.545. The summed E-state index contributed by atoms with van der Waals surface area (Å²) in [6, 6.07) is 4.09. The highest BCUT2D eigenvalue weighted by atomic mass is 19.3. The normalized spacial score (nSPS) is 22.5. The first-order chi connectivity index (χ1) is 11.6. The van der Waals surface area contributed by atoms with Gasteiger partial charge in [-0.1, -0.05) is 11.2 Å². The lowest BCUT2D eigenvalue weighted by Crippen LogP contribution is -2.46. The van der Waals surface area contributed by atoms with E-state index in [1.54, 1.807) is 0 Å². The monoisotopic (exact) mass is 356 g/mol. The number of nitrogens with zero attached hydrogens (tertiary/aromatic N) is 2. The van der Waals surface area contributed by atoms with Crippen LogP contribution in [0.5, 0.6) is 0 Å². The predicted molar refractivity (Wildman–Crippen MR) is 78.2 cm³/mol. The number of benzene rings is 1. The molecule has 2 aromatic rings. The molecule has 1 atom stereocenters. The van der Waals surface area contributed by atoms with E-state index in [0.29, 0.717) is 4.90 Å². The van der Waals surface area contributed by atoms with E-state index in [1.807, 2.05) is 0 Å². The van der Waals surface area contributed by atoms with Crippen LogP contribution in [0.15, 0.2) is 28.8 Å². The molecule has 3 rings (SSSR count). The van der Waals surface area contributed by atoms with E-state index in [9.17, 15) is 23.1 Å². The molecule has 1 aliphatic rings. The average molecular weight is 356 g/mol. The van der Waals surface area contributed by atoms with Gasteiger partial charge >= 0.3 is 13.0 Å². The summed E-state index contributed by atoms with van der Waals surface area (Å²) in [6.45, 7) is -0.990. The van der Waals surface area contributed by atoms with Gasteiger partial charge in [-0.15, -0.1) is 0 Å². The van der Waals surface area contributed by atoms with Crippen LogP contribution >= 0.6 is 0 Å². The third-order valence-corrected chi connectivity index (χ3v) is 4.06. The van der Waals surface area contributed by atoms with Crippen molar-refractivity contribution in [3.8, 4) is 11.3 Å². The Hall–Kier alpha value is -2.37. The van der Waals surface area contributed by atoms with Crippen LogP contribution in [0.3, 0.4) is 0 Å². The molecule has 3 N–H and O–H groups in total. The second-order valence-corrected chi connectivity index (χ2v) is 5.76. The van der Waals surface area contributed by atoms with E-state index in [0.717, 1.165) is 25.2 Å². The summed E-state index contributed by atoms with van der Waals surface area (Å²) >= 11 is 0. The molecule has 2 heterocycles. The van der Waals surface area contributed by atoms with E-state index in [4.69, 9.17) is 14.6 Å². The Labute approximate surface area is 139 Å². The number of alkyl halides is 2. The molecule has 0 radical (unpaired) electrons. The lowest BCUT2D eigenvalue weighted by molar-refractivity contribution is -0.179. The van der Waals surface area contributed by atoms with Gasteiger partial charge in [0.15, 0.2) is 5.76 Å². The Morgan fingerprint density at radius 2 is 2.00 bits per heavy atom. The fraction of sp³-hybridized carbons (Fsp3) is 0.286. The molecule has 1 unspecified atom stereocenters. The van der Waals surface area contributed by atoms with Gasteiger partial charge in [0.2, 0.25) is 0 Å². The number of rotatable bonds is 3. The first kappa shape index (κ1) is 17.5. The maximum Gasteiger partial charge on any atom is 0.491 e. The molecule has 132 valence electrons. The SMILES string of the molecule is CN1CC(F)(F)C(O)(c2cc(-c3ccc(F)c(B(O)O)c3)no2)C1=O. The molecule has 25 heavy (non-hydrogen) atoms. The highest BCUT2D eigenvalue weighted by molar-refractivity contribution is 6.58. The Kier molecular flexibility index (Phi) is 3.90. The highest BCUT2D eigenvalue weighted by Gasteiger charge is 2.68. The van der Waals surface area contributed by atoms with Crippen molar-refractivity contribution < 1.29 is 37.6 Å². The molecule has 1 amide bonds. The van der Waals surface area contributed by atoms with Gasteiger partial charge < -0.3 is 24.6 Å². The van der Waals surface area contributed by atoms with E-state index < -0.39 is 48.1 Å². The maximum absolute atomic E-state index is 14.1. The van der Waals surface area contributed by atoms with Crippen LogP contribution in [0.25, 0.3) is 11.3 Å². The lowest BCUT2D eigenvalue weighted by atomic mass is 9.79. The Morgan fingerprint density at radius 1 is 1.32 bits per heavy atom. The number of carbonyl (C=O) groups is 1. The topological polar surface area (TPSA) is 107 Å². The minimum atomic E-state index is -3.80. The summed E-state index contributed by atoms with van der Waals surface area (Å²) in [5.74, 6) is -6.70. The number of carbonyl (C=O) groups excluding carboxylic acids is 1. The van der Waals surface area contributed by atoms with Gasteiger partial charge in [0.05, 0.1) is 6.54 Å². The van der Waals surface area contributed by atoms with Crippen molar-refractivity contribution in [2.75, 3.05) is 13.6 Å². The van der Waals surface area contributed by atoms with Gasteiger partial charge in [-0.3, -0.25) is 4.79 Å². The van der Waals surface area contributed by atoms with E-state index in [1.165, 1.54) is 6.07 Å². The molecule has 1 aliphatic heterocycles. The molecule has 0 spiro atoms. The van der Waals surface area contributed by atoms with Gasteiger partial charge in [-0.05, 0) is 12.1 Å². The molecule has 1 saturated heterocycles. The minimum Gasteiger partial charge on any atom is -0.423 e. The number of hydrogen-bond acceptors (Lipinski definition) is 6. The largest absolute Gasteiger partial charge is 0.491 e. The van der Waals surface area contributed by atoms with Crippen molar-refractivity contribution >= 4 is 18.5 Å². The zero-order chi connectivity index (χ0) is 18.6. The average Bonchev–Trinajstić information content (AvgIpc) is 3.07. The van der Waals surface area contributed by atoms with Crippen LogP contribution in [0.2, 0.25) is 0 Å². The van der Waals surface area contributed by atoms with Crippen molar-refractivity contribution in [3.63, 3.8) is 0 Å². The summed E-state index contributed by atoms with van der Waals surface area (Å²) in [4.78, 5) is 12.6. The first-order valence-electron chi connectivity index (χ1n) is 7.07. The second-order valence-electron chi connectivity index (χ2n) is 5.76. The number of aromatic nitrogens is 1. The molecule has 7 nitrogen and oxygen atoms in total. The maximum atomic E-state index is 14.1. The molecule has 0 saturated carbocycles. The summed E-state index contributed by atoms with van der Waals surface area (Å²) in [5.41, 5.74) is -3.64. The number of halogens is 3. The molecule has 1 aromatic carbocycles. The molecular weight excluding hydrogens is 344 g/mol. The van der Waals surface area contributed by atoms with Gasteiger partial charge in [-0.25, -0.2) is 13.2 Å². The third kappa shape index (κ3) is 2.51. The minimum absolute atomic E-state index is 0.0940. The Bertz CT molecular complexity index is 844. The van der Waals surface area contributed by atoms with Gasteiger partial charge in [0, 0.05) is 24.1 Å². The zero-order valence-corrected chi connectivity index (χ0v) is 12.8. The lowest BCUT2D eigenvalue weighted by Gasteiger charge is -2.22. The molecule has 11 heteroatoms. The highest BCUT2D eigenvalue weighted by Crippen LogP contribution is 2.45. The number of aliphatic hydroxyl groups is 1. The van der Waals surface area contributed by atoms with Crippen molar-refractivity contribution in [1.29, 1.82) is 0 Å². The van der Waals surface area contributed by atoms with E-state index >= 15 is 0 Å². The number of hydrogen-bond donors (Lipinski definition) is 3. The first-order valence-corrected chi connectivity index (χ1v) is 7.07. The van der Waals surface area contributed by atoms with Crippen molar-refractivity contribution in [1.82, 2.24) is 10.1 Å². The smallest absolute Gasteiger partial charge is 0.423 e. The fourth-order valence-electron chi connectivity index (χ4n) is 2.69. The summed E-state index contributed by atoms with van der Waals surface area (Å²) in [5, 5.41) is 32.0. The van der Waals surface area contributed by atoms with Gasteiger partial charge in [0.25, 0.3) is 11.5 Å². The number of likely N-dealkylation sites (N-methyl/N-ethyl adjacent to an activating group) is 1. The van der Waals surface area contributed by atoms with Crippen LogP contribution in [0, 0.1) is 5.82 Å². The fourth-order valence-corrected chi connectivity index (χ4v) is 2.69.